The van der Waals surface area contributed by atoms with Gasteiger partial charge < -0.3 is 19.4 Å². The molecule has 0 aromatic carbocycles. The standard InChI is InChI=1S/C28H42N4O3/c1-6-8-22-21-11-13-30(25(33)7-2)17-23(21)27(19(3)4)29-28(22)31-14-15-32(26(34)12-16-35-5)24(18-31)20-9-10-20/h7,19-20,24H,2,6,8-18H2,1,3-5H3. The third-order valence-electron chi connectivity index (χ3n) is 7.77. The Balaban J connectivity index is 1.68. The van der Waals surface area contributed by atoms with Crippen molar-refractivity contribution in [1.82, 2.24) is 14.8 Å². The molecule has 1 aliphatic carbocycles. The molecule has 1 saturated heterocycles. The summed E-state index contributed by atoms with van der Waals surface area (Å²) in [5.74, 6) is 2.19. The molecule has 2 aliphatic heterocycles. The SMILES string of the molecule is C=CC(=O)N1CCc2c(c(C(C)C)nc(N3CCN(C(=O)CCOC)C(C4CC4)C3)c2CCC)C1. The number of hydrogen-bond acceptors (Lipinski definition) is 5. The number of piperazine rings is 1. The molecule has 0 radical (unpaired) electrons. The summed E-state index contributed by atoms with van der Waals surface area (Å²) in [4.78, 5) is 37.1. The molecule has 1 aromatic rings. The zero-order valence-corrected chi connectivity index (χ0v) is 22.0. The average molecular weight is 483 g/mol. The summed E-state index contributed by atoms with van der Waals surface area (Å²) in [6.45, 7) is 14.5. The van der Waals surface area contributed by atoms with Crippen molar-refractivity contribution in [3.63, 3.8) is 0 Å². The Bertz CT molecular complexity index is 956. The first kappa shape index (κ1) is 25.7. The second kappa shape index (κ2) is 11.1. The van der Waals surface area contributed by atoms with Crippen LogP contribution in [0.5, 0.6) is 0 Å². The molecular weight excluding hydrogens is 440 g/mol. The van der Waals surface area contributed by atoms with Gasteiger partial charge in [-0.15, -0.1) is 0 Å². The molecule has 2 fully saturated rings. The molecular formula is C28H42N4O3. The van der Waals surface area contributed by atoms with Gasteiger partial charge in [-0.05, 0) is 60.3 Å². The summed E-state index contributed by atoms with van der Waals surface area (Å²) >= 11 is 0. The molecule has 7 nitrogen and oxygen atoms in total. The summed E-state index contributed by atoms with van der Waals surface area (Å²) in [6.07, 6.45) is 7.18. The minimum atomic E-state index is -0.00647. The number of pyridine rings is 1. The first-order valence-electron chi connectivity index (χ1n) is 13.4. The second-order valence-corrected chi connectivity index (χ2v) is 10.6. The summed E-state index contributed by atoms with van der Waals surface area (Å²) in [7, 11) is 1.65. The number of rotatable bonds is 9. The number of methoxy groups -OCH3 is 1. The van der Waals surface area contributed by atoms with Crippen LogP contribution < -0.4 is 4.90 Å². The van der Waals surface area contributed by atoms with E-state index in [0.29, 0.717) is 25.5 Å². The molecule has 0 bridgehead atoms. The van der Waals surface area contributed by atoms with Crippen molar-refractivity contribution in [1.29, 1.82) is 0 Å². The van der Waals surface area contributed by atoms with Crippen molar-refractivity contribution < 1.29 is 14.3 Å². The third-order valence-corrected chi connectivity index (χ3v) is 7.77. The first-order chi connectivity index (χ1) is 16.9. The van der Waals surface area contributed by atoms with Gasteiger partial charge >= 0.3 is 0 Å². The molecule has 7 heteroatoms. The van der Waals surface area contributed by atoms with Gasteiger partial charge in [0.15, 0.2) is 0 Å². The van der Waals surface area contributed by atoms with Crippen molar-refractivity contribution in [2.45, 2.75) is 77.8 Å². The lowest BCUT2D eigenvalue weighted by atomic mass is 9.88. The van der Waals surface area contributed by atoms with Crippen LogP contribution in [0.15, 0.2) is 12.7 Å². The van der Waals surface area contributed by atoms with Crippen LogP contribution in [-0.4, -0.2) is 72.5 Å². The number of hydrogen-bond donors (Lipinski definition) is 0. The number of fused-ring (bicyclic) bond motifs is 1. The van der Waals surface area contributed by atoms with E-state index in [2.05, 4.69) is 37.1 Å². The molecule has 2 amide bonds. The van der Waals surface area contributed by atoms with Gasteiger partial charge in [0, 0.05) is 39.8 Å². The predicted molar refractivity (Wildman–Crippen MR) is 139 cm³/mol. The Morgan fingerprint density at radius 3 is 2.60 bits per heavy atom. The fraction of sp³-hybridized carbons (Fsp3) is 0.679. The molecule has 192 valence electrons. The van der Waals surface area contributed by atoms with E-state index >= 15 is 0 Å². The van der Waals surface area contributed by atoms with Crippen LogP contribution in [0.1, 0.15) is 74.8 Å². The molecule has 3 heterocycles. The number of carbonyl (C=O) groups is 2. The van der Waals surface area contributed by atoms with Gasteiger partial charge in [0.05, 0.1) is 24.8 Å². The van der Waals surface area contributed by atoms with Crippen LogP contribution in [0.25, 0.3) is 0 Å². The van der Waals surface area contributed by atoms with Crippen LogP contribution >= 0.6 is 0 Å². The third kappa shape index (κ3) is 5.40. The van der Waals surface area contributed by atoms with Gasteiger partial charge in [-0.25, -0.2) is 4.98 Å². The van der Waals surface area contributed by atoms with E-state index in [0.717, 1.165) is 57.0 Å². The second-order valence-electron chi connectivity index (χ2n) is 10.6. The van der Waals surface area contributed by atoms with E-state index in [1.54, 1.807) is 7.11 Å². The summed E-state index contributed by atoms with van der Waals surface area (Å²) in [6, 6.07) is 0.253. The Labute approximate surface area is 210 Å². The highest BCUT2D eigenvalue weighted by Crippen LogP contribution is 2.40. The zero-order chi connectivity index (χ0) is 25.1. The van der Waals surface area contributed by atoms with Crippen molar-refractivity contribution in [2.24, 2.45) is 5.92 Å². The maximum atomic E-state index is 12.9. The molecule has 4 rings (SSSR count). The van der Waals surface area contributed by atoms with E-state index < -0.39 is 0 Å². The quantitative estimate of drug-likeness (QED) is 0.502. The fourth-order valence-corrected chi connectivity index (χ4v) is 5.81. The van der Waals surface area contributed by atoms with E-state index in [1.807, 2.05) is 4.90 Å². The van der Waals surface area contributed by atoms with E-state index in [4.69, 9.17) is 9.72 Å². The van der Waals surface area contributed by atoms with Crippen LogP contribution in [0.2, 0.25) is 0 Å². The Hall–Kier alpha value is -2.41. The molecule has 1 atom stereocenters. The molecule has 1 unspecified atom stereocenters. The topological polar surface area (TPSA) is 66.0 Å². The van der Waals surface area contributed by atoms with Crippen molar-refractivity contribution in [3.8, 4) is 0 Å². The van der Waals surface area contributed by atoms with Crippen molar-refractivity contribution >= 4 is 17.6 Å². The van der Waals surface area contributed by atoms with Gasteiger partial charge in [-0.3, -0.25) is 9.59 Å². The lowest BCUT2D eigenvalue weighted by Crippen LogP contribution is -2.56. The normalized spacial score (nSPS) is 20.3. The number of carbonyl (C=O) groups excluding carboxylic acids is 2. The molecule has 0 N–H and O–H groups in total. The van der Waals surface area contributed by atoms with E-state index in [9.17, 15) is 9.59 Å². The largest absolute Gasteiger partial charge is 0.384 e. The maximum Gasteiger partial charge on any atom is 0.246 e. The minimum Gasteiger partial charge on any atom is -0.384 e. The summed E-state index contributed by atoms with van der Waals surface area (Å²) in [5, 5.41) is 0. The number of aromatic nitrogens is 1. The number of anilines is 1. The smallest absolute Gasteiger partial charge is 0.246 e. The Morgan fingerprint density at radius 1 is 1.20 bits per heavy atom. The predicted octanol–water partition coefficient (Wildman–Crippen LogP) is 3.69. The highest BCUT2D eigenvalue weighted by Gasteiger charge is 2.41. The van der Waals surface area contributed by atoms with Crippen LogP contribution in [0, 0.1) is 5.92 Å². The van der Waals surface area contributed by atoms with Crippen molar-refractivity contribution in [3.05, 3.63) is 35.0 Å². The monoisotopic (exact) mass is 482 g/mol. The van der Waals surface area contributed by atoms with Gasteiger partial charge in [0.1, 0.15) is 5.82 Å². The Morgan fingerprint density at radius 2 is 1.97 bits per heavy atom. The molecule has 0 spiro atoms. The zero-order valence-electron chi connectivity index (χ0n) is 22.0. The molecule has 35 heavy (non-hydrogen) atoms. The van der Waals surface area contributed by atoms with E-state index in [1.165, 1.54) is 35.6 Å². The lowest BCUT2D eigenvalue weighted by Gasteiger charge is -2.44. The minimum absolute atomic E-state index is 0.00647. The Kier molecular flexibility index (Phi) is 8.15. The lowest BCUT2D eigenvalue weighted by molar-refractivity contribution is -0.135. The van der Waals surface area contributed by atoms with Crippen LogP contribution in [0.3, 0.4) is 0 Å². The molecule has 1 saturated carbocycles. The van der Waals surface area contributed by atoms with Gasteiger partial charge in [0.2, 0.25) is 11.8 Å². The highest BCUT2D eigenvalue weighted by molar-refractivity contribution is 5.87. The fourth-order valence-electron chi connectivity index (χ4n) is 5.81. The van der Waals surface area contributed by atoms with Crippen molar-refractivity contribution in [2.75, 3.05) is 44.8 Å². The van der Waals surface area contributed by atoms with Gasteiger partial charge in [-0.1, -0.05) is 33.8 Å². The highest BCUT2D eigenvalue weighted by atomic mass is 16.5. The number of ether oxygens (including phenoxy) is 1. The summed E-state index contributed by atoms with van der Waals surface area (Å²) < 4.78 is 5.17. The summed E-state index contributed by atoms with van der Waals surface area (Å²) in [5.41, 5.74) is 5.10. The van der Waals surface area contributed by atoms with E-state index in [-0.39, 0.29) is 23.8 Å². The van der Waals surface area contributed by atoms with Gasteiger partial charge in [0.25, 0.3) is 0 Å². The molecule has 3 aliphatic rings. The van der Waals surface area contributed by atoms with Crippen LogP contribution in [-0.2, 0) is 33.7 Å². The first-order valence-corrected chi connectivity index (χ1v) is 13.4. The average Bonchev–Trinajstić information content (AvgIpc) is 3.71. The number of nitrogens with zero attached hydrogens (tertiary/aromatic N) is 4. The van der Waals surface area contributed by atoms with Gasteiger partial charge in [-0.2, -0.15) is 0 Å². The molecule has 1 aromatic heterocycles. The number of amides is 2. The van der Waals surface area contributed by atoms with Crippen LogP contribution in [0.4, 0.5) is 5.82 Å². The maximum absolute atomic E-state index is 12.9.